The lowest BCUT2D eigenvalue weighted by Crippen LogP contribution is -2.46. The van der Waals surface area contributed by atoms with E-state index >= 15 is 0 Å². The van der Waals surface area contributed by atoms with Gasteiger partial charge in [-0.15, -0.1) is 0 Å². The molecule has 3 heterocycles. The zero-order valence-corrected chi connectivity index (χ0v) is 10.8. The number of anilines is 1. The first-order valence-corrected chi connectivity index (χ1v) is 7.50. The molecule has 1 N–H and O–H groups in total. The third-order valence-electron chi connectivity index (χ3n) is 5.86. The fraction of sp³-hybridized carbons (Fsp3) is 0.625. The number of hydrogen-bond donors (Lipinski definition) is 1. The van der Waals surface area contributed by atoms with Gasteiger partial charge >= 0.3 is 0 Å². The Morgan fingerprint density at radius 2 is 2.17 bits per heavy atom. The molecule has 0 bridgehead atoms. The van der Waals surface area contributed by atoms with Crippen molar-refractivity contribution in [3.63, 3.8) is 0 Å². The van der Waals surface area contributed by atoms with Crippen molar-refractivity contribution in [1.29, 1.82) is 0 Å². The summed E-state index contributed by atoms with van der Waals surface area (Å²) in [6.45, 7) is 3.70. The van der Waals surface area contributed by atoms with E-state index in [4.69, 9.17) is 0 Å². The summed E-state index contributed by atoms with van der Waals surface area (Å²) in [4.78, 5) is 2.76. The number of benzene rings is 1. The average molecular weight is 240 g/mol. The van der Waals surface area contributed by atoms with Crippen LogP contribution in [0.5, 0.6) is 0 Å². The van der Waals surface area contributed by atoms with Gasteiger partial charge in [0.05, 0.1) is 0 Å². The summed E-state index contributed by atoms with van der Waals surface area (Å²) in [5.74, 6) is 0.752. The average Bonchev–Trinajstić information content (AvgIpc) is 3.13. The molecule has 0 amide bonds. The quantitative estimate of drug-likeness (QED) is 0.749. The Hall–Kier alpha value is -1.02. The summed E-state index contributed by atoms with van der Waals surface area (Å²) >= 11 is 0. The van der Waals surface area contributed by atoms with E-state index in [-0.39, 0.29) is 0 Å². The van der Waals surface area contributed by atoms with E-state index in [2.05, 4.69) is 28.4 Å². The van der Waals surface area contributed by atoms with Gasteiger partial charge in [-0.3, -0.25) is 0 Å². The van der Waals surface area contributed by atoms with E-state index in [1.807, 2.05) is 0 Å². The minimum absolute atomic E-state index is 0.600. The molecule has 1 saturated carbocycles. The van der Waals surface area contributed by atoms with Gasteiger partial charge in [0.2, 0.25) is 0 Å². The van der Waals surface area contributed by atoms with Crippen molar-refractivity contribution < 1.29 is 0 Å². The molecule has 3 aliphatic heterocycles. The van der Waals surface area contributed by atoms with Crippen molar-refractivity contribution >= 4 is 5.69 Å². The summed E-state index contributed by atoms with van der Waals surface area (Å²) in [6, 6.07) is 7.92. The third kappa shape index (κ3) is 1.04. The van der Waals surface area contributed by atoms with Crippen LogP contribution in [0.1, 0.15) is 42.7 Å². The van der Waals surface area contributed by atoms with Crippen LogP contribution in [0.3, 0.4) is 0 Å². The van der Waals surface area contributed by atoms with Gasteiger partial charge in [-0.1, -0.05) is 18.2 Å². The Kier molecular flexibility index (Phi) is 1.70. The Bertz CT molecular complexity index is 518. The lowest BCUT2D eigenvalue weighted by molar-refractivity contribution is 0.393. The fourth-order valence-electron chi connectivity index (χ4n) is 4.73. The van der Waals surface area contributed by atoms with E-state index in [0.717, 1.165) is 12.0 Å². The zero-order valence-electron chi connectivity index (χ0n) is 10.8. The Balaban J connectivity index is 1.73. The highest BCUT2D eigenvalue weighted by molar-refractivity contribution is 5.71. The van der Waals surface area contributed by atoms with Gasteiger partial charge in [0.1, 0.15) is 0 Å². The topological polar surface area (TPSA) is 15.3 Å². The SMILES string of the molecule is c1cc2c3c(c1)C1(CCN3[C@H]3CCNC[C@@H]23)CC1. The second-order valence-corrected chi connectivity index (χ2v) is 6.63. The maximum Gasteiger partial charge on any atom is 0.0443 e. The van der Waals surface area contributed by atoms with Crippen LogP contribution in [-0.2, 0) is 5.41 Å². The second-order valence-electron chi connectivity index (χ2n) is 6.63. The van der Waals surface area contributed by atoms with Crippen molar-refractivity contribution in [3.8, 4) is 0 Å². The van der Waals surface area contributed by atoms with Crippen LogP contribution in [0.15, 0.2) is 18.2 Å². The van der Waals surface area contributed by atoms with Gasteiger partial charge in [-0.25, -0.2) is 0 Å². The molecule has 1 spiro atoms. The highest BCUT2D eigenvalue weighted by Gasteiger charge is 2.53. The summed E-state index contributed by atoms with van der Waals surface area (Å²) in [7, 11) is 0. The molecule has 1 aromatic rings. The summed E-state index contributed by atoms with van der Waals surface area (Å²) < 4.78 is 0. The standard InChI is InChI=1S/C16H20N2/c1-2-11-12-10-17-8-4-14(12)18-9-7-16(5-6-16)13(3-1)15(11)18/h1-3,12,14,17H,4-10H2/t12-,14-/m0/s1. The van der Waals surface area contributed by atoms with Gasteiger partial charge in [0, 0.05) is 30.7 Å². The minimum atomic E-state index is 0.600. The first-order valence-electron chi connectivity index (χ1n) is 7.50. The van der Waals surface area contributed by atoms with Gasteiger partial charge < -0.3 is 10.2 Å². The molecule has 4 aliphatic rings. The Morgan fingerprint density at radius 1 is 1.22 bits per heavy atom. The van der Waals surface area contributed by atoms with Crippen molar-refractivity contribution in [2.24, 2.45) is 0 Å². The van der Waals surface area contributed by atoms with Crippen molar-refractivity contribution in [3.05, 3.63) is 29.3 Å². The number of nitrogens with one attached hydrogen (secondary N) is 1. The highest BCUT2D eigenvalue weighted by atomic mass is 15.2. The molecule has 18 heavy (non-hydrogen) atoms. The van der Waals surface area contributed by atoms with Gasteiger partial charge in [-0.2, -0.15) is 0 Å². The van der Waals surface area contributed by atoms with E-state index in [1.54, 1.807) is 16.8 Å². The third-order valence-corrected chi connectivity index (χ3v) is 5.86. The molecule has 1 aliphatic carbocycles. The smallest absolute Gasteiger partial charge is 0.0443 e. The van der Waals surface area contributed by atoms with Gasteiger partial charge in [0.15, 0.2) is 0 Å². The minimum Gasteiger partial charge on any atom is -0.367 e. The summed E-state index contributed by atoms with van der Waals surface area (Å²) in [5, 5.41) is 3.59. The van der Waals surface area contributed by atoms with Crippen LogP contribution >= 0.6 is 0 Å². The molecule has 0 aromatic heterocycles. The number of hydrogen-bond acceptors (Lipinski definition) is 2. The lowest BCUT2D eigenvalue weighted by Gasteiger charge is -2.39. The van der Waals surface area contributed by atoms with E-state index in [0.29, 0.717) is 5.41 Å². The first-order chi connectivity index (χ1) is 8.89. The predicted octanol–water partition coefficient (Wildman–Crippen LogP) is 2.39. The Morgan fingerprint density at radius 3 is 3.06 bits per heavy atom. The molecule has 2 fully saturated rings. The predicted molar refractivity (Wildman–Crippen MR) is 73.3 cm³/mol. The van der Waals surface area contributed by atoms with E-state index < -0.39 is 0 Å². The fourth-order valence-corrected chi connectivity index (χ4v) is 4.73. The van der Waals surface area contributed by atoms with Crippen LogP contribution < -0.4 is 10.2 Å². The molecule has 2 nitrogen and oxygen atoms in total. The molecular weight excluding hydrogens is 220 g/mol. The maximum atomic E-state index is 3.59. The number of fused-ring (bicyclic) bond motifs is 4. The van der Waals surface area contributed by atoms with Crippen molar-refractivity contribution in [2.75, 3.05) is 24.5 Å². The molecule has 2 heteroatoms. The van der Waals surface area contributed by atoms with Crippen LogP contribution in [0.2, 0.25) is 0 Å². The monoisotopic (exact) mass is 240 g/mol. The molecule has 5 rings (SSSR count). The highest BCUT2D eigenvalue weighted by Crippen LogP contribution is 2.60. The van der Waals surface area contributed by atoms with E-state index in [1.165, 1.54) is 45.3 Å². The number of piperidine rings is 1. The normalized spacial score (nSPS) is 34.3. The molecule has 94 valence electrons. The van der Waals surface area contributed by atoms with Crippen molar-refractivity contribution in [2.45, 2.75) is 43.1 Å². The lowest BCUT2D eigenvalue weighted by atomic mass is 9.85. The van der Waals surface area contributed by atoms with Crippen LogP contribution in [-0.4, -0.2) is 25.7 Å². The molecule has 0 unspecified atom stereocenters. The molecule has 1 saturated heterocycles. The second kappa shape index (κ2) is 3.11. The molecule has 1 aromatic carbocycles. The molecular formula is C16H20N2. The van der Waals surface area contributed by atoms with Crippen LogP contribution in [0.25, 0.3) is 0 Å². The van der Waals surface area contributed by atoms with Crippen LogP contribution in [0, 0.1) is 0 Å². The van der Waals surface area contributed by atoms with Crippen LogP contribution in [0.4, 0.5) is 5.69 Å². The zero-order chi connectivity index (χ0) is 11.7. The largest absolute Gasteiger partial charge is 0.367 e. The first kappa shape index (κ1) is 9.85. The molecule has 2 atom stereocenters. The van der Waals surface area contributed by atoms with E-state index in [9.17, 15) is 0 Å². The van der Waals surface area contributed by atoms with Gasteiger partial charge in [0.25, 0.3) is 0 Å². The Labute approximate surface area is 108 Å². The maximum absolute atomic E-state index is 3.59. The summed E-state index contributed by atoms with van der Waals surface area (Å²) in [6.07, 6.45) is 5.60. The van der Waals surface area contributed by atoms with Gasteiger partial charge in [-0.05, 0) is 48.8 Å². The van der Waals surface area contributed by atoms with Crippen molar-refractivity contribution in [1.82, 2.24) is 5.32 Å². The molecule has 0 radical (unpaired) electrons. The number of para-hydroxylation sites is 1. The number of nitrogens with zero attached hydrogens (tertiary/aromatic N) is 1. The summed E-state index contributed by atoms with van der Waals surface area (Å²) in [5.41, 5.74) is 5.60. The number of rotatable bonds is 0.